The summed E-state index contributed by atoms with van der Waals surface area (Å²) in [7, 11) is 0. The molecule has 2 rings (SSSR count). The van der Waals surface area contributed by atoms with Crippen LogP contribution in [0.4, 0.5) is 13.2 Å². The standard InChI is InChI=1S/C12H4BrCl2F3N2/c13-10-5-20(12(16,17)18)11(9(10)4-19)6-1-7(14)3-8(15)2-6/h1-3,5H. The van der Waals surface area contributed by atoms with Crippen molar-refractivity contribution in [2.45, 2.75) is 6.30 Å². The van der Waals surface area contributed by atoms with Gasteiger partial charge in [0.1, 0.15) is 6.07 Å². The van der Waals surface area contributed by atoms with E-state index in [1.54, 1.807) is 6.07 Å². The fourth-order valence-corrected chi connectivity index (χ4v) is 2.76. The van der Waals surface area contributed by atoms with Crippen molar-refractivity contribution in [3.05, 3.63) is 44.5 Å². The smallest absolute Gasteiger partial charge is 0.257 e. The highest BCUT2D eigenvalue weighted by Gasteiger charge is 2.35. The van der Waals surface area contributed by atoms with Gasteiger partial charge in [-0.15, -0.1) is 13.2 Å². The molecule has 8 heteroatoms. The number of nitrogens with zero attached hydrogens (tertiary/aromatic N) is 2. The number of aromatic nitrogens is 1. The molecule has 0 aliphatic heterocycles. The first-order chi connectivity index (χ1) is 9.24. The van der Waals surface area contributed by atoms with Gasteiger partial charge in [0.2, 0.25) is 0 Å². The van der Waals surface area contributed by atoms with Crippen LogP contribution in [0.1, 0.15) is 5.56 Å². The van der Waals surface area contributed by atoms with Crippen LogP contribution in [0.5, 0.6) is 0 Å². The molecule has 0 unspecified atom stereocenters. The summed E-state index contributed by atoms with van der Waals surface area (Å²) in [5, 5.41) is 9.42. The predicted octanol–water partition coefficient (Wildman–Crippen LogP) is 5.57. The molecule has 0 amide bonds. The Kier molecular flexibility index (Phi) is 4.05. The number of nitriles is 1. The quantitative estimate of drug-likeness (QED) is 0.632. The highest BCUT2D eigenvalue weighted by atomic mass is 79.9. The van der Waals surface area contributed by atoms with E-state index in [-0.39, 0.29) is 35.9 Å². The second kappa shape index (κ2) is 5.32. The fourth-order valence-electron chi connectivity index (χ4n) is 1.76. The Labute approximate surface area is 130 Å². The predicted molar refractivity (Wildman–Crippen MR) is 73.6 cm³/mol. The topological polar surface area (TPSA) is 28.7 Å². The largest absolute Gasteiger partial charge is 0.488 e. The van der Waals surface area contributed by atoms with Gasteiger partial charge in [-0.2, -0.15) is 5.26 Å². The van der Waals surface area contributed by atoms with Crippen molar-refractivity contribution in [2.75, 3.05) is 0 Å². The van der Waals surface area contributed by atoms with Crippen LogP contribution in [-0.4, -0.2) is 4.57 Å². The van der Waals surface area contributed by atoms with E-state index >= 15 is 0 Å². The van der Waals surface area contributed by atoms with E-state index in [1.807, 2.05) is 0 Å². The summed E-state index contributed by atoms with van der Waals surface area (Å²) < 4.78 is 39.2. The molecule has 0 saturated carbocycles. The summed E-state index contributed by atoms with van der Waals surface area (Å²) in [5.41, 5.74) is -0.334. The molecule has 0 fully saturated rings. The zero-order chi connectivity index (χ0) is 15.1. The molecule has 1 aromatic carbocycles. The van der Waals surface area contributed by atoms with Gasteiger partial charge in [0.25, 0.3) is 0 Å². The maximum atomic E-state index is 13.0. The Bertz CT molecular complexity index is 696. The van der Waals surface area contributed by atoms with Crippen LogP contribution in [0.3, 0.4) is 0 Å². The highest BCUT2D eigenvalue weighted by molar-refractivity contribution is 9.10. The van der Waals surface area contributed by atoms with Gasteiger partial charge in [-0.3, -0.25) is 4.57 Å². The van der Waals surface area contributed by atoms with Crippen LogP contribution < -0.4 is 0 Å². The summed E-state index contributed by atoms with van der Waals surface area (Å²) in [5.74, 6) is 0. The third-order valence-corrected chi connectivity index (χ3v) is 3.52. The van der Waals surface area contributed by atoms with Crippen molar-refractivity contribution < 1.29 is 13.2 Å². The summed E-state index contributed by atoms with van der Waals surface area (Å²) in [6.07, 6.45) is -3.87. The van der Waals surface area contributed by atoms with Crippen molar-refractivity contribution in [1.29, 1.82) is 5.26 Å². The second-order valence-electron chi connectivity index (χ2n) is 3.81. The third-order valence-electron chi connectivity index (χ3n) is 2.48. The molecule has 2 nitrogen and oxygen atoms in total. The Morgan fingerprint density at radius 2 is 1.70 bits per heavy atom. The third kappa shape index (κ3) is 2.80. The minimum atomic E-state index is -4.66. The molecule has 20 heavy (non-hydrogen) atoms. The van der Waals surface area contributed by atoms with Gasteiger partial charge in [-0.25, -0.2) is 0 Å². The molecule has 0 aliphatic carbocycles. The highest BCUT2D eigenvalue weighted by Crippen LogP contribution is 2.39. The van der Waals surface area contributed by atoms with Crippen molar-refractivity contribution in [2.24, 2.45) is 0 Å². The molecule has 0 spiro atoms. The van der Waals surface area contributed by atoms with E-state index in [0.717, 1.165) is 6.20 Å². The number of hydrogen-bond donors (Lipinski definition) is 0. The van der Waals surface area contributed by atoms with Gasteiger partial charge >= 0.3 is 6.30 Å². The van der Waals surface area contributed by atoms with Gasteiger partial charge in [0, 0.05) is 21.8 Å². The lowest BCUT2D eigenvalue weighted by molar-refractivity contribution is -0.202. The summed E-state index contributed by atoms with van der Waals surface area (Å²) in [6, 6.07) is 5.77. The van der Waals surface area contributed by atoms with E-state index < -0.39 is 6.30 Å². The van der Waals surface area contributed by atoms with Crippen LogP contribution >= 0.6 is 39.1 Å². The molecular formula is C12H4BrCl2F3N2. The average Bonchev–Trinajstić information content (AvgIpc) is 2.64. The molecule has 0 aliphatic rings. The molecule has 1 aromatic heterocycles. The minimum absolute atomic E-state index is 0.0448. The Balaban J connectivity index is 2.81. The lowest BCUT2D eigenvalue weighted by Crippen LogP contribution is -2.16. The first kappa shape index (κ1) is 15.2. The number of halogens is 6. The van der Waals surface area contributed by atoms with Crippen LogP contribution in [0.25, 0.3) is 11.3 Å². The number of hydrogen-bond acceptors (Lipinski definition) is 1. The van der Waals surface area contributed by atoms with Crippen LogP contribution in [0.15, 0.2) is 28.9 Å². The fraction of sp³-hybridized carbons (Fsp3) is 0.0833. The Hall–Kier alpha value is -1.16. The number of alkyl halides is 3. The zero-order valence-electron chi connectivity index (χ0n) is 9.47. The van der Waals surface area contributed by atoms with Gasteiger partial charge < -0.3 is 0 Å². The number of rotatable bonds is 1. The van der Waals surface area contributed by atoms with E-state index in [0.29, 0.717) is 0 Å². The van der Waals surface area contributed by atoms with Gasteiger partial charge in [-0.05, 0) is 34.1 Å². The van der Waals surface area contributed by atoms with Gasteiger partial charge in [-0.1, -0.05) is 23.2 Å². The Morgan fingerprint density at radius 1 is 1.15 bits per heavy atom. The molecular weight excluding hydrogens is 380 g/mol. The first-order valence-electron chi connectivity index (χ1n) is 5.08. The monoisotopic (exact) mass is 382 g/mol. The molecule has 0 N–H and O–H groups in total. The molecule has 1 heterocycles. The molecule has 0 atom stereocenters. The maximum absolute atomic E-state index is 13.0. The summed E-state index contributed by atoms with van der Waals surface area (Å²) >= 11 is 14.5. The zero-order valence-corrected chi connectivity index (χ0v) is 12.6. The molecule has 0 bridgehead atoms. The number of benzene rings is 1. The SMILES string of the molecule is N#Cc1c(Br)cn(C(F)(F)F)c1-c1cc(Cl)cc(Cl)c1. The van der Waals surface area contributed by atoms with Crippen molar-refractivity contribution in [3.8, 4) is 17.3 Å². The second-order valence-corrected chi connectivity index (χ2v) is 5.54. The van der Waals surface area contributed by atoms with Gasteiger partial charge in [0.05, 0.1) is 15.7 Å². The molecule has 0 saturated heterocycles. The van der Waals surface area contributed by atoms with E-state index in [1.165, 1.54) is 18.2 Å². The lowest BCUT2D eigenvalue weighted by atomic mass is 10.1. The Morgan fingerprint density at radius 3 is 2.15 bits per heavy atom. The van der Waals surface area contributed by atoms with Crippen molar-refractivity contribution in [1.82, 2.24) is 4.57 Å². The van der Waals surface area contributed by atoms with Crippen LogP contribution in [0, 0.1) is 11.3 Å². The summed E-state index contributed by atoms with van der Waals surface area (Å²) in [4.78, 5) is 0. The van der Waals surface area contributed by atoms with Crippen LogP contribution in [-0.2, 0) is 6.30 Å². The maximum Gasteiger partial charge on any atom is 0.488 e. The van der Waals surface area contributed by atoms with E-state index in [9.17, 15) is 13.2 Å². The normalized spacial score (nSPS) is 11.4. The minimum Gasteiger partial charge on any atom is -0.257 e. The van der Waals surface area contributed by atoms with Crippen LogP contribution in [0.2, 0.25) is 10.0 Å². The van der Waals surface area contributed by atoms with Crippen molar-refractivity contribution >= 4 is 39.1 Å². The lowest BCUT2D eigenvalue weighted by Gasteiger charge is -2.13. The molecule has 2 aromatic rings. The van der Waals surface area contributed by atoms with E-state index in [2.05, 4.69) is 15.9 Å². The van der Waals surface area contributed by atoms with Gasteiger partial charge in [0.15, 0.2) is 0 Å². The first-order valence-corrected chi connectivity index (χ1v) is 6.63. The molecule has 0 radical (unpaired) electrons. The van der Waals surface area contributed by atoms with E-state index in [4.69, 9.17) is 28.5 Å². The average molecular weight is 384 g/mol. The summed E-state index contributed by atoms with van der Waals surface area (Å²) in [6.45, 7) is 0. The van der Waals surface area contributed by atoms with Crippen molar-refractivity contribution in [3.63, 3.8) is 0 Å². The molecule has 104 valence electrons.